The van der Waals surface area contributed by atoms with Crippen LogP contribution in [0.25, 0.3) is 10.9 Å². The highest BCUT2D eigenvalue weighted by Crippen LogP contribution is 2.34. The van der Waals surface area contributed by atoms with E-state index in [1.807, 2.05) is 55.5 Å². The Hall–Kier alpha value is -3.21. The molecule has 2 heterocycles. The lowest BCUT2D eigenvalue weighted by atomic mass is 10.1. The molecule has 1 unspecified atom stereocenters. The molecule has 1 aromatic heterocycles. The fraction of sp³-hybridized carbons (Fsp3) is 0.190. The summed E-state index contributed by atoms with van der Waals surface area (Å²) in [5.74, 6) is -0.431. The molecular formula is C21H19N3O2. The fourth-order valence-corrected chi connectivity index (χ4v) is 3.49. The number of para-hydroxylation sites is 3. The van der Waals surface area contributed by atoms with Crippen LogP contribution in [0.4, 0.5) is 11.4 Å². The molecule has 0 aliphatic carbocycles. The van der Waals surface area contributed by atoms with E-state index in [0.29, 0.717) is 17.6 Å². The lowest BCUT2D eigenvalue weighted by Gasteiger charge is -2.24. The van der Waals surface area contributed by atoms with E-state index < -0.39 is 0 Å². The second-order valence-electron chi connectivity index (χ2n) is 6.58. The van der Waals surface area contributed by atoms with Crippen LogP contribution in [0.3, 0.4) is 0 Å². The molecule has 0 bridgehead atoms. The number of carbonyl (C=O) groups is 2. The van der Waals surface area contributed by atoms with Gasteiger partial charge >= 0.3 is 0 Å². The summed E-state index contributed by atoms with van der Waals surface area (Å²) in [5.41, 5.74) is 2.70. The van der Waals surface area contributed by atoms with Gasteiger partial charge in [-0.25, -0.2) is 0 Å². The summed E-state index contributed by atoms with van der Waals surface area (Å²) < 4.78 is 0. The van der Waals surface area contributed by atoms with Crippen LogP contribution in [0.15, 0.2) is 60.8 Å². The predicted molar refractivity (Wildman–Crippen MR) is 102 cm³/mol. The Bertz CT molecular complexity index is 1010. The Balaban J connectivity index is 1.87. The second-order valence-corrected chi connectivity index (χ2v) is 6.58. The molecule has 0 radical (unpaired) electrons. The number of carbonyl (C=O) groups excluding carboxylic acids is 2. The molecule has 5 nitrogen and oxygen atoms in total. The molecule has 0 fully saturated rings. The Morgan fingerprint density at radius 1 is 1.04 bits per heavy atom. The summed E-state index contributed by atoms with van der Waals surface area (Å²) in [6.07, 6.45) is 1.69. The van der Waals surface area contributed by atoms with Gasteiger partial charge < -0.3 is 9.80 Å². The van der Waals surface area contributed by atoms with Gasteiger partial charge in [0.05, 0.1) is 28.4 Å². The van der Waals surface area contributed by atoms with Gasteiger partial charge in [-0.15, -0.1) is 0 Å². The van der Waals surface area contributed by atoms with E-state index in [-0.39, 0.29) is 17.7 Å². The minimum atomic E-state index is -0.292. The number of pyridine rings is 1. The highest BCUT2D eigenvalue weighted by molar-refractivity contribution is 6.15. The lowest BCUT2D eigenvalue weighted by Crippen LogP contribution is -2.37. The van der Waals surface area contributed by atoms with Gasteiger partial charge in [0.2, 0.25) is 5.91 Å². The zero-order valence-corrected chi connectivity index (χ0v) is 14.7. The van der Waals surface area contributed by atoms with Crippen molar-refractivity contribution in [3.8, 4) is 0 Å². The number of hydrogen-bond donors (Lipinski definition) is 0. The molecule has 5 heteroatoms. The van der Waals surface area contributed by atoms with Crippen LogP contribution in [-0.4, -0.2) is 30.4 Å². The number of hydrogen-bond acceptors (Lipinski definition) is 3. The normalized spacial score (nSPS) is 17.2. The molecule has 0 spiro atoms. The average Bonchev–Trinajstić information content (AvgIpc) is 2.78. The van der Waals surface area contributed by atoms with Crippen LogP contribution in [0.5, 0.6) is 0 Å². The molecule has 0 N–H and O–H groups in total. The van der Waals surface area contributed by atoms with E-state index in [1.54, 1.807) is 29.1 Å². The molecule has 4 rings (SSSR count). The minimum absolute atomic E-state index is 0.00351. The molecule has 0 saturated carbocycles. The minimum Gasteiger partial charge on any atom is -0.313 e. The van der Waals surface area contributed by atoms with Crippen molar-refractivity contribution in [2.24, 2.45) is 5.92 Å². The SMILES string of the molecule is CC1CN(C(=O)c2cccc3cccnc23)c2ccccc2N(C)C1=O. The Morgan fingerprint density at radius 3 is 2.58 bits per heavy atom. The molecule has 130 valence electrons. The van der Waals surface area contributed by atoms with Crippen molar-refractivity contribution in [3.05, 3.63) is 66.4 Å². The van der Waals surface area contributed by atoms with Crippen molar-refractivity contribution < 1.29 is 9.59 Å². The predicted octanol–water partition coefficient (Wildman–Crippen LogP) is 3.49. The number of anilines is 2. The standard InChI is InChI=1S/C21H19N3O2/c1-14-13-24(18-11-4-3-10-17(18)23(2)20(14)25)21(26)16-9-5-7-15-8-6-12-22-19(15)16/h3-12,14H,13H2,1-2H3. The number of fused-ring (bicyclic) bond motifs is 2. The zero-order valence-electron chi connectivity index (χ0n) is 14.7. The van der Waals surface area contributed by atoms with Crippen LogP contribution in [0.2, 0.25) is 0 Å². The van der Waals surface area contributed by atoms with E-state index in [4.69, 9.17) is 0 Å². The average molecular weight is 345 g/mol. The molecule has 1 atom stereocenters. The first-order chi connectivity index (χ1) is 12.6. The van der Waals surface area contributed by atoms with Crippen LogP contribution < -0.4 is 9.80 Å². The van der Waals surface area contributed by atoms with Crippen molar-refractivity contribution in [2.45, 2.75) is 6.92 Å². The summed E-state index contributed by atoms with van der Waals surface area (Å²) in [6, 6.07) is 16.9. The third-order valence-electron chi connectivity index (χ3n) is 4.85. The molecule has 0 saturated heterocycles. The summed E-state index contributed by atoms with van der Waals surface area (Å²) >= 11 is 0. The third kappa shape index (κ3) is 2.52. The van der Waals surface area contributed by atoms with Crippen molar-refractivity contribution >= 4 is 34.1 Å². The van der Waals surface area contributed by atoms with E-state index in [9.17, 15) is 9.59 Å². The van der Waals surface area contributed by atoms with Gasteiger partial charge in [0.25, 0.3) is 5.91 Å². The van der Waals surface area contributed by atoms with Gasteiger partial charge in [-0.3, -0.25) is 14.6 Å². The molecular weight excluding hydrogens is 326 g/mol. The van der Waals surface area contributed by atoms with Crippen LogP contribution >= 0.6 is 0 Å². The Labute approximate surface area is 151 Å². The quantitative estimate of drug-likeness (QED) is 0.678. The van der Waals surface area contributed by atoms with Crippen molar-refractivity contribution in [1.29, 1.82) is 0 Å². The maximum atomic E-state index is 13.4. The number of rotatable bonds is 1. The molecule has 26 heavy (non-hydrogen) atoms. The first kappa shape index (κ1) is 16.3. The second kappa shape index (κ2) is 6.26. The number of amides is 2. The summed E-state index contributed by atoms with van der Waals surface area (Å²) in [5, 5.41) is 0.919. The lowest BCUT2D eigenvalue weighted by molar-refractivity contribution is -0.121. The van der Waals surface area contributed by atoms with E-state index in [1.165, 1.54) is 0 Å². The van der Waals surface area contributed by atoms with Crippen molar-refractivity contribution in [3.63, 3.8) is 0 Å². The van der Waals surface area contributed by atoms with Crippen LogP contribution in [0, 0.1) is 5.92 Å². The summed E-state index contributed by atoms with van der Waals surface area (Å²) in [4.78, 5) is 33.8. The van der Waals surface area contributed by atoms with Gasteiger partial charge in [0.15, 0.2) is 0 Å². The monoisotopic (exact) mass is 345 g/mol. The molecule has 3 aromatic rings. The smallest absolute Gasteiger partial charge is 0.260 e. The summed E-state index contributed by atoms with van der Waals surface area (Å²) in [6.45, 7) is 2.19. The summed E-state index contributed by atoms with van der Waals surface area (Å²) in [7, 11) is 1.76. The van der Waals surface area contributed by atoms with E-state index >= 15 is 0 Å². The highest BCUT2D eigenvalue weighted by atomic mass is 16.2. The molecule has 1 aliphatic rings. The Kier molecular flexibility index (Phi) is 3.92. The van der Waals surface area contributed by atoms with Crippen LogP contribution in [0.1, 0.15) is 17.3 Å². The van der Waals surface area contributed by atoms with Gasteiger partial charge in [-0.2, -0.15) is 0 Å². The van der Waals surface area contributed by atoms with Gasteiger partial charge in [0, 0.05) is 25.2 Å². The largest absolute Gasteiger partial charge is 0.313 e. The molecule has 2 aromatic carbocycles. The van der Waals surface area contributed by atoms with Crippen LogP contribution in [-0.2, 0) is 4.79 Å². The van der Waals surface area contributed by atoms with Crippen molar-refractivity contribution in [1.82, 2.24) is 4.98 Å². The first-order valence-electron chi connectivity index (χ1n) is 8.60. The number of aromatic nitrogens is 1. The van der Waals surface area contributed by atoms with E-state index in [2.05, 4.69) is 4.98 Å². The Morgan fingerprint density at radius 2 is 1.77 bits per heavy atom. The number of nitrogens with zero attached hydrogens (tertiary/aromatic N) is 3. The topological polar surface area (TPSA) is 53.5 Å². The maximum Gasteiger partial charge on any atom is 0.260 e. The zero-order chi connectivity index (χ0) is 18.3. The maximum absolute atomic E-state index is 13.4. The highest BCUT2D eigenvalue weighted by Gasteiger charge is 2.32. The van der Waals surface area contributed by atoms with E-state index in [0.717, 1.165) is 16.8 Å². The van der Waals surface area contributed by atoms with Gasteiger partial charge in [-0.1, -0.05) is 37.3 Å². The van der Waals surface area contributed by atoms with Crippen molar-refractivity contribution in [2.75, 3.05) is 23.4 Å². The third-order valence-corrected chi connectivity index (χ3v) is 4.85. The first-order valence-corrected chi connectivity index (χ1v) is 8.60. The van der Waals surface area contributed by atoms with Gasteiger partial charge in [0.1, 0.15) is 0 Å². The molecule has 1 aliphatic heterocycles. The molecule has 2 amide bonds. The number of benzene rings is 2. The fourth-order valence-electron chi connectivity index (χ4n) is 3.49. The van der Waals surface area contributed by atoms with Gasteiger partial charge in [-0.05, 0) is 24.3 Å².